The minimum absolute atomic E-state index is 0.0455. The number of amides is 2. The molecular formula is C15H19BrN2O3. The van der Waals surface area contributed by atoms with Crippen molar-refractivity contribution in [2.45, 2.75) is 38.6 Å². The minimum Gasteiger partial charge on any atom is -0.481 e. The van der Waals surface area contributed by atoms with Crippen LogP contribution < -0.4 is 10.6 Å². The maximum atomic E-state index is 12.0. The van der Waals surface area contributed by atoms with Crippen molar-refractivity contribution < 1.29 is 14.7 Å². The third kappa shape index (κ3) is 4.20. The zero-order chi connectivity index (χ0) is 15.4. The summed E-state index contributed by atoms with van der Waals surface area (Å²) >= 11 is 3.45. The first-order valence-electron chi connectivity index (χ1n) is 7.03. The van der Waals surface area contributed by atoms with Gasteiger partial charge in [0, 0.05) is 10.5 Å². The highest BCUT2D eigenvalue weighted by Crippen LogP contribution is 2.26. The molecule has 0 bridgehead atoms. The van der Waals surface area contributed by atoms with Gasteiger partial charge in [0.2, 0.25) is 0 Å². The van der Waals surface area contributed by atoms with Gasteiger partial charge in [0.1, 0.15) is 0 Å². The molecule has 1 fully saturated rings. The van der Waals surface area contributed by atoms with Crippen molar-refractivity contribution in [3.63, 3.8) is 0 Å². The number of hydrogen-bond acceptors (Lipinski definition) is 2. The lowest BCUT2D eigenvalue weighted by atomic mass is 9.86. The molecule has 0 aliphatic heterocycles. The van der Waals surface area contributed by atoms with E-state index in [4.69, 9.17) is 5.11 Å². The lowest BCUT2D eigenvalue weighted by Gasteiger charge is -2.26. The molecule has 0 unspecified atom stereocenters. The molecule has 0 heterocycles. The number of anilines is 1. The standard InChI is InChI=1S/C15H19BrN2O3/c1-9-3-2-4-12(13(9)16)18-15(21)17-11-7-5-10(6-8-11)14(19)20/h2-4,10-11H,5-8H2,1H3,(H,19,20)(H2,17,18,21). The van der Waals surface area contributed by atoms with E-state index in [-0.39, 0.29) is 18.0 Å². The number of carbonyl (C=O) groups excluding carboxylic acids is 1. The summed E-state index contributed by atoms with van der Waals surface area (Å²) in [5.74, 6) is -1.00. The normalized spacial score (nSPS) is 21.6. The van der Waals surface area contributed by atoms with E-state index < -0.39 is 5.97 Å². The molecular weight excluding hydrogens is 336 g/mol. The first-order valence-corrected chi connectivity index (χ1v) is 7.82. The van der Waals surface area contributed by atoms with Crippen molar-refractivity contribution in [1.29, 1.82) is 0 Å². The fourth-order valence-corrected chi connectivity index (χ4v) is 2.94. The molecule has 1 aromatic rings. The number of rotatable bonds is 3. The van der Waals surface area contributed by atoms with Gasteiger partial charge in [0.05, 0.1) is 11.6 Å². The molecule has 114 valence electrons. The minimum atomic E-state index is -0.735. The number of nitrogens with one attached hydrogen (secondary N) is 2. The molecule has 2 rings (SSSR count). The van der Waals surface area contributed by atoms with Crippen LogP contribution in [-0.4, -0.2) is 23.1 Å². The van der Waals surface area contributed by atoms with Crippen LogP contribution in [0.3, 0.4) is 0 Å². The molecule has 1 aromatic carbocycles. The fraction of sp³-hybridized carbons (Fsp3) is 0.467. The van der Waals surface area contributed by atoms with Gasteiger partial charge in [0.15, 0.2) is 0 Å². The predicted octanol–water partition coefficient (Wildman–Crippen LogP) is 3.52. The number of carbonyl (C=O) groups is 2. The highest BCUT2D eigenvalue weighted by Gasteiger charge is 2.26. The van der Waals surface area contributed by atoms with Crippen LogP contribution in [0.1, 0.15) is 31.2 Å². The summed E-state index contributed by atoms with van der Waals surface area (Å²) in [5.41, 5.74) is 1.78. The van der Waals surface area contributed by atoms with Gasteiger partial charge in [-0.25, -0.2) is 4.79 Å². The number of halogens is 1. The molecule has 6 heteroatoms. The first-order chi connectivity index (χ1) is 9.97. The average molecular weight is 355 g/mol. The van der Waals surface area contributed by atoms with E-state index in [9.17, 15) is 9.59 Å². The molecule has 3 N–H and O–H groups in total. The third-order valence-electron chi connectivity index (χ3n) is 3.85. The maximum absolute atomic E-state index is 12.0. The Morgan fingerprint density at radius 3 is 2.52 bits per heavy atom. The lowest BCUT2D eigenvalue weighted by Crippen LogP contribution is -2.41. The first kappa shape index (κ1) is 15.8. The average Bonchev–Trinajstić information content (AvgIpc) is 2.44. The molecule has 0 saturated heterocycles. The second-order valence-electron chi connectivity index (χ2n) is 5.42. The van der Waals surface area contributed by atoms with Crippen LogP contribution in [0.5, 0.6) is 0 Å². The Morgan fingerprint density at radius 2 is 1.90 bits per heavy atom. The molecule has 0 atom stereocenters. The predicted molar refractivity (Wildman–Crippen MR) is 84.4 cm³/mol. The van der Waals surface area contributed by atoms with Gasteiger partial charge in [-0.3, -0.25) is 4.79 Å². The molecule has 5 nitrogen and oxygen atoms in total. The Morgan fingerprint density at radius 1 is 1.24 bits per heavy atom. The smallest absolute Gasteiger partial charge is 0.319 e. The Bertz CT molecular complexity index is 540. The largest absolute Gasteiger partial charge is 0.481 e. The second kappa shape index (κ2) is 6.93. The van der Waals surface area contributed by atoms with Crippen LogP contribution in [0.2, 0.25) is 0 Å². The summed E-state index contributed by atoms with van der Waals surface area (Å²) in [5, 5.41) is 14.7. The molecule has 1 saturated carbocycles. The Labute approximate surface area is 132 Å². The maximum Gasteiger partial charge on any atom is 0.319 e. The van der Waals surface area contributed by atoms with Crippen LogP contribution in [0.4, 0.5) is 10.5 Å². The quantitative estimate of drug-likeness (QED) is 0.776. The number of aryl methyl sites for hydroxylation is 1. The Balaban J connectivity index is 1.86. The lowest BCUT2D eigenvalue weighted by molar-refractivity contribution is -0.142. The van der Waals surface area contributed by atoms with Gasteiger partial charge in [0.25, 0.3) is 0 Å². The summed E-state index contributed by atoms with van der Waals surface area (Å²) in [7, 11) is 0. The van der Waals surface area contributed by atoms with E-state index in [0.29, 0.717) is 25.7 Å². The molecule has 1 aliphatic carbocycles. The number of aliphatic carboxylic acids is 1. The van der Waals surface area contributed by atoms with E-state index >= 15 is 0 Å². The third-order valence-corrected chi connectivity index (χ3v) is 4.90. The number of carboxylic acid groups (broad SMARTS) is 1. The topological polar surface area (TPSA) is 78.4 Å². The Hall–Kier alpha value is -1.56. The fourth-order valence-electron chi connectivity index (χ4n) is 2.57. The van der Waals surface area contributed by atoms with Crippen molar-refractivity contribution in [1.82, 2.24) is 5.32 Å². The van der Waals surface area contributed by atoms with E-state index in [1.54, 1.807) is 0 Å². The number of carboxylic acids is 1. The summed E-state index contributed by atoms with van der Waals surface area (Å²) < 4.78 is 0.870. The molecule has 0 aromatic heterocycles. The zero-order valence-corrected chi connectivity index (χ0v) is 13.4. The van der Waals surface area contributed by atoms with Crippen molar-refractivity contribution in [2.24, 2.45) is 5.92 Å². The summed E-state index contributed by atoms with van der Waals surface area (Å²) in [6.45, 7) is 1.96. The van der Waals surface area contributed by atoms with Crippen molar-refractivity contribution in [2.75, 3.05) is 5.32 Å². The van der Waals surface area contributed by atoms with E-state index in [1.807, 2.05) is 25.1 Å². The van der Waals surface area contributed by atoms with E-state index in [0.717, 1.165) is 15.7 Å². The summed E-state index contributed by atoms with van der Waals surface area (Å²) in [6.07, 6.45) is 2.65. The highest BCUT2D eigenvalue weighted by molar-refractivity contribution is 9.10. The van der Waals surface area contributed by atoms with Gasteiger partial charge in [-0.1, -0.05) is 12.1 Å². The van der Waals surface area contributed by atoms with Crippen molar-refractivity contribution >= 4 is 33.6 Å². The Kier molecular flexibility index (Phi) is 5.22. The SMILES string of the molecule is Cc1cccc(NC(=O)NC2CCC(C(=O)O)CC2)c1Br. The molecule has 2 amide bonds. The second-order valence-corrected chi connectivity index (χ2v) is 6.21. The number of hydrogen-bond donors (Lipinski definition) is 3. The highest BCUT2D eigenvalue weighted by atomic mass is 79.9. The molecule has 21 heavy (non-hydrogen) atoms. The van der Waals surface area contributed by atoms with Crippen LogP contribution in [0.15, 0.2) is 22.7 Å². The van der Waals surface area contributed by atoms with Gasteiger partial charge in [-0.15, -0.1) is 0 Å². The number of benzene rings is 1. The van der Waals surface area contributed by atoms with Crippen LogP contribution in [-0.2, 0) is 4.79 Å². The zero-order valence-electron chi connectivity index (χ0n) is 11.9. The number of urea groups is 1. The van der Waals surface area contributed by atoms with Crippen molar-refractivity contribution in [3.8, 4) is 0 Å². The van der Waals surface area contributed by atoms with E-state index in [2.05, 4.69) is 26.6 Å². The van der Waals surface area contributed by atoms with Gasteiger partial charge in [-0.05, 0) is 60.2 Å². The monoisotopic (exact) mass is 354 g/mol. The van der Waals surface area contributed by atoms with Gasteiger partial charge < -0.3 is 15.7 Å². The van der Waals surface area contributed by atoms with Crippen molar-refractivity contribution in [3.05, 3.63) is 28.2 Å². The summed E-state index contributed by atoms with van der Waals surface area (Å²) in [4.78, 5) is 22.9. The van der Waals surface area contributed by atoms with E-state index in [1.165, 1.54) is 0 Å². The molecule has 1 aliphatic rings. The van der Waals surface area contributed by atoms with Crippen LogP contribution in [0.25, 0.3) is 0 Å². The van der Waals surface area contributed by atoms with Gasteiger partial charge in [-0.2, -0.15) is 0 Å². The molecule has 0 spiro atoms. The summed E-state index contributed by atoms with van der Waals surface area (Å²) in [6, 6.07) is 5.47. The molecule has 0 radical (unpaired) electrons. The van der Waals surface area contributed by atoms with Crippen LogP contribution >= 0.6 is 15.9 Å². The van der Waals surface area contributed by atoms with Gasteiger partial charge >= 0.3 is 12.0 Å². The van der Waals surface area contributed by atoms with Crippen LogP contribution in [0, 0.1) is 12.8 Å².